The summed E-state index contributed by atoms with van der Waals surface area (Å²) < 4.78 is 10.1. The van der Waals surface area contributed by atoms with Gasteiger partial charge in [-0.1, -0.05) is 12.1 Å². The molecular formula is C19H20N2O5. The quantitative estimate of drug-likeness (QED) is 0.609. The number of carbonyl (C=O) groups is 3. The van der Waals surface area contributed by atoms with Crippen LogP contribution < -0.4 is 5.32 Å². The minimum atomic E-state index is -1.88. The van der Waals surface area contributed by atoms with Crippen molar-refractivity contribution in [1.29, 1.82) is 5.26 Å². The third kappa shape index (κ3) is 3.51. The van der Waals surface area contributed by atoms with Crippen molar-refractivity contribution >= 4 is 17.7 Å². The van der Waals surface area contributed by atoms with E-state index in [0.29, 0.717) is 11.1 Å². The van der Waals surface area contributed by atoms with E-state index in [1.807, 2.05) is 6.07 Å². The summed E-state index contributed by atoms with van der Waals surface area (Å²) in [6, 6.07) is 7.85. The summed E-state index contributed by atoms with van der Waals surface area (Å²) in [5, 5.41) is 11.8. The molecule has 0 aromatic heterocycles. The van der Waals surface area contributed by atoms with Crippen LogP contribution in [0.25, 0.3) is 0 Å². The minimum absolute atomic E-state index is 0.0758. The molecule has 0 saturated heterocycles. The number of benzene rings is 1. The fourth-order valence-corrected chi connectivity index (χ4v) is 2.79. The number of nitrogens with zero attached hydrogens (tertiary/aromatic N) is 1. The second-order valence-electron chi connectivity index (χ2n) is 5.72. The molecule has 0 unspecified atom stereocenters. The van der Waals surface area contributed by atoms with Gasteiger partial charge >= 0.3 is 11.9 Å². The van der Waals surface area contributed by atoms with Gasteiger partial charge in [-0.25, -0.2) is 9.59 Å². The van der Waals surface area contributed by atoms with Gasteiger partial charge in [-0.2, -0.15) is 5.26 Å². The van der Waals surface area contributed by atoms with Crippen LogP contribution in [-0.4, -0.2) is 36.5 Å². The van der Waals surface area contributed by atoms with Crippen LogP contribution in [0.5, 0.6) is 0 Å². The van der Waals surface area contributed by atoms with Gasteiger partial charge in [0, 0.05) is 5.57 Å². The van der Waals surface area contributed by atoms with Gasteiger partial charge in [-0.05, 0) is 44.5 Å². The summed E-state index contributed by atoms with van der Waals surface area (Å²) in [5.74, 6) is -1.94. The molecule has 1 aromatic carbocycles. The van der Waals surface area contributed by atoms with Crippen LogP contribution in [0.2, 0.25) is 0 Å². The van der Waals surface area contributed by atoms with Crippen LogP contribution in [-0.2, 0) is 23.9 Å². The fourth-order valence-electron chi connectivity index (χ4n) is 2.79. The molecule has 0 saturated carbocycles. The lowest BCUT2D eigenvalue weighted by Crippen LogP contribution is -2.56. The highest BCUT2D eigenvalue weighted by atomic mass is 16.6. The van der Waals surface area contributed by atoms with Crippen LogP contribution in [0, 0.1) is 11.3 Å². The number of nitrogens with one attached hydrogen (secondary N) is 1. The zero-order chi connectivity index (χ0) is 19.3. The van der Waals surface area contributed by atoms with Crippen molar-refractivity contribution in [3.63, 3.8) is 0 Å². The lowest BCUT2D eigenvalue weighted by Gasteiger charge is -2.26. The van der Waals surface area contributed by atoms with Crippen molar-refractivity contribution in [2.24, 2.45) is 0 Å². The summed E-state index contributed by atoms with van der Waals surface area (Å²) in [7, 11) is 0. The third-order valence-electron chi connectivity index (χ3n) is 4.03. The van der Waals surface area contributed by atoms with E-state index in [1.165, 1.54) is 13.0 Å². The highest BCUT2D eigenvalue weighted by Crippen LogP contribution is 2.35. The first kappa shape index (κ1) is 19.3. The average Bonchev–Trinajstić information content (AvgIpc) is 3.05. The molecule has 7 nitrogen and oxygen atoms in total. The summed E-state index contributed by atoms with van der Waals surface area (Å²) in [6.07, 6.45) is 1.29. The maximum Gasteiger partial charge on any atom is 0.342 e. The monoisotopic (exact) mass is 356 g/mol. The largest absolute Gasteiger partial charge is 0.464 e. The maximum absolute atomic E-state index is 12.5. The van der Waals surface area contributed by atoms with Crippen LogP contribution in [0.4, 0.5) is 0 Å². The molecule has 0 fully saturated rings. The molecule has 26 heavy (non-hydrogen) atoms. The highest BCUT2D eigenvalue weighted by Gasteiger charge is 2.54. The molecule has 1 aliphatic rings. The molecule has 1 heterocycles. The van der Waals surface area contributed by atoms with Crippen LogP contribution >= 0.6 is 0 Å². The maximum atomic E-state index is 12.5. The van der Waals surface area contributed by atoms with Crippen molar-refractivity contribution in [2.45, 2.75) is 32.4 Å². The van der Waals surface area contributed by atoms with Crippen LogP contribution in [0.15, 0.2) is 35.9 Å². The topological polar surface area (TPSA) is 105 Å². The van der Waals surface area contributed by atoms with E-state index >= 15 is 0 Å². The van der Waals surface area contributed by atoms with E-state index in [2.05, 4.69) is 5.32 Å². The number of esters is 2. The fraction of sp³-hybridized carbons (Fsp3) is 0.368. The lowest BCUT2D eigenvalue weighted by molar-refractivity contribution is -0.162. The summed E-state index contributed by atoms with van der Waals surface area (Å²) in [6.45, 7) is 4.76. The number of nitriles is 1. The second-order valence-corrected chi connectivity index (χ2v) is 5.72. The molecule has 0 spiro atoms. The summed E-state index contributed by atoms with van der Waals surface area (Å²) in [4.78, 5) is 37.2. The van der Waals surface area contributed by atoms with Gasteiger partial charge in [-0.15, -0.1) is 0 Å². The second kappa shape index (κ2) is 7.93. The van der Waals surface area contributed by atoms with E-state index in [0.717, 1.165) is 0 Å². The standard InChI is InChI=1S/C19H20N2O5/c1-4-25-17(23)19(18(24)26-5-2)10-15(12(3)22)16(21-19)14-8-6-13(11-20)7-9-14/h6-10,16,21H,4-5H2,1-3H3/t16-/m0/s1. The SMILES string of the molecule is CCOC(=O)C1(C(=O)OCC)C=C(C(C)=O)[C@H](c2ccc(C#N)cc2)N1. The Morgan fingerprint density at radius 2 is 1.65 bits per heavy atom. The molecule has 136 valence electrons. The number of ketones is 1. The minimum Gasteiger partial charge on any atom is -0.464 e. The zero-order valence-corrected chi connectivity index (χ0v) is 14.9. The first-order valence-electron chi connectivity index (χ1n) is 8.25. The predicted octanol–water partition coefficient (Wildman–Crippen LogP) is 1.58. The number of carbonyl (C=O) groups excluding carboxylic acids is 3. The number of ether oxygens (including phenoxy) is 2. The number of rotatable bonds is 6. The van der Waals surface area contributed by atoms with E-state index in [4.69, 9.17) is 14.7 Å². The first-order chi connectivity index (χ1) is 12.4. The van der Waals surface area contributed by atoms with E-state index in [1.54, 1.807) is 38.1 Å². The number of hydrogen-bond donors (Lipinski definition) is 1. The zero-order valence-electron chi connectivity index (χ0n) is 14.9. The van der Waals surface area contributed by atoms with Crippen molar-refractivity contribution in [3.05, 3.63) is 47.0 Å². The van der Waals surface area contributed by atoms with Crippen LogP contribution in [0.1, 0.15) is 37.9 Å². The molecule has 1 aliphatic heterocycles. The van der Waals surface area contributed by atoms with Gasteiger partial charge in [0.25, 0.3) is 0 Å². The predicted molar refractivity (Wildman–Crippen MR) is 91.8 cm³/mol. The normalized spacial score (nSPS) is 17.8. The molecule has 1 aromatic rings. The molecule has 0 aliphatic carbocycles. The van der Waals surface area contributed by atoms with E-state index in [9.17, 15) is 14.4 Å². The Balaban J connectivity index is 2.51. The van der Waals surface area contributed by atoms with E-state index < -0.39 is 23.5 Å². The van der Waals surface area contributed by atoms with Crippen LogP contribution in [0.3, 0.4) is 0 Å². The number of Topliss-reactive ketones (excluding diaryl/α,β-unsaturated/α-hetero) is 1. The Hall–Kier alpha value is -2.98. The Labute approximate surface area is 151 Å². The number of hydrogen-bond acceptors (Lipinski definition) is 7. The third-order valence-corrected chi connectivity index (χ3v) is 4.03. The Morgan fingerprint density at radius 1 is 1.12 bits per heavy atom. The molecule has 2 rings (SSSR count). The first-order valence-corrected chi connectivity index (χ1v) is 8.25. The summed E-state index contributed by atoms with van der Waals surface area (Å²) >= 11 is 0. The molecule has 0 radical (unpaired) electrons. The highest BCUT2D eigenvalue weighted by molar-refractivity contribution is 6.11. The van der Waals surface area contributed by atoms with Gasteiger partial charge < -0.3 is 9.47 Å². The molecule has 7 heteroatoms. The van der Waals surface area contributed by atoms with Crippen molar-refractivity contribution < 1.29 is 23.9 Å². The van der Waals surface area contributed by atoms with Gasteiger partial charge in [0.15, 0.2) is 5.78 Å². The van der Waals surface area contributed by atoms with Gasteiger partial charge in [0.05, 0.1) is 30.9 Å². The average molecular weight is 356 g/mol. The lowest BCUT2D eigenvalue weighted by atomic mass is 9.96. The summed E-state index contributed by atoms with van der Waals surface area (Å²) in [5.41, 5.74) is -0.523. The Bertz CT molecular complexity index is 771. The Morgan fingerprint density at radius 3 is 2.08 bits per heavy atom. The van der Waals surface area contributed by atoms with Crippen molar-refractivity contribution in [3.8, 4) is 6.07 Å². The molecule has 1 atom stereocenters. The van der Waals surface area contributed by atoms with Gasteiger partial charge in [0.2, 0.25) is 5.54 Å². The van der Waals surface area contributed by atoms with Gasteiger partial charge in [0.1, 0.15) is 0 Å². The molecular weight excluding hydrogens is 336 g/mol. The Kier molecular flexibility index (Phi) is 5.90. The van der Waals surface area contributed by atoms with Crippen molar-refractivity contribution in [1.82, 2.24) is 5.32 Å². The van der Waals surface area contributed by atoms with Crippen molar-refractivity contribution in [2.75, 3.05) is 13.2 Å². The molecule has 1 N–H and O–H groups in total. The molecule has 0 amide bonds. The molecule has 0 bridgehead atoms. The van der Waals surface area contributed by atoms with Gasteiger partial charge in [-0.3, -0.25) is 10.1 Å². The smallest absolute Gasteiger partial charge is 0.342 e. The van der Waals surface area contributed by atoms with E-state index in [-0.39, 0.29) is 24.6 Å².